The molecule has 0 aromatic heterocycles. The van der Waals surface area contributed by atoms with Gasteiger partial charge in [0.25, 0.3) is 0 Å². The molecule has 2 aromatic rings. The Morgan fingerprint density at radius 3 is 1.59 bits per heavy atom. The average molecular weight is 396 g/mol. The summed E-state index contributed by atoms with van der Waals surface area (Å²) in [4.78, 5) is 24.0. The van der Waals surface area contributed by atoms with Gasteiger partial charge in [-0.25, -0.2) is 0 Å². The molecule has 2 N–H and O–H groups in total. The van der Waals surface area contributed by atoms with Crippen molar-refractivity contribution in [2.24, 2.45) is 0 Å². The van der Waals surface area contributed by atoms with Crippen LogP contribution in [0.4, 0.5) is 0 Å². The molecule has 0 bridgehead atoms. The van der Waals surface area contributed by atoms with Crippen LogP contribution in [0.3, 0.4) is 0 Å². The molecule has 0 saturated carbocycles. The SMILES string of the molecule is CCOc1cc(/C=C/C(=O)CC(=O)/C=C/c2ccc(O)c(OCC)c2)ccc1O. The molecule has 0 aliphatic heterocycles. The minimum atomic E-state index is -0.341. The van der Waals surface area contributed by atoms with Gasteiger partial charge in [-0.3, -0.25) is 9.59 Å². The highest BCUT2D eigenvalue weighted by molar-refractivity contribution is 6.10. The molecule has 0 atom stereocenters. The Labute approximate surface area is 169 Å². The summed E-state index contributed by atoms with van der Waals surface area (Å²) in [6.45, 7) is 4.43. The lowest BCUT2D eigenvalue weighted by atomic mass is 10.1. The van der Waals surface area contributed by atoms with Gasteiger partial charge in [-0.05, 0) is 61.4 Å². The molecular weight excluding hydrogens is 372 g/mol. The molecule has 0 spiro atoms. The maximum Gasteiger partial charge on any atom is 0.163 e. The number of hydrogen-bond acceptors (Lipinski definition) is 6. The first-order valence-corrected chi connectivity index (χ1v) is 9.26. The standard InChI is InChI=1S/C23H24O6/c1-3-28-22-13-16(7-11-20(22)26)5-9-18(24)15-19(25)10-6-17-8-12-21(27)23(14-17)29-4-2/h5-14,26-27H,3-4,15H2,1-2H3/b9-5+,10-6+. The average Bonchev–Trinajstić information content (AvgIpc) is 2.69. The van der Waals surface area contributed by atoms with E-state index in [0.717, 1.165) is 0 Å². The normalized spacial score (nSPS) is 11.1. The van der Waals surface area contributed by atoms with Crippen LogP contribution in [0.2, 0.25) is 0 Å². The number of carbonyl (C=O) groups excluding carboxylic acids is 2. The van der Waals surface area contributed by atoms with Crippen molar-refractivity contribution < 1.29 is 29.3 Å². The second-order valence-corrected chi connectivity index (χ2v) is 6.10. The molecule has 0 aliphatic carbocycles. The summed E-state index contributed by atoms with van der Waals surface area (Å²) in [5.41, 5.74) is 1.35. The summed E-state index contributed by atoms with van der Waals surface area (Å²) in [6, 6.07) is 9.49. The van der Waals surface area contributed by atoms with Crippen molar-refractivity contribution in [2.75, 3.05) is 13.2 Å². The quantitative estimate of drug-likeness (QED) is 0.463. The molecule has 29 heavy (non-hydrogen) atoms. The number of phenols is 2. The topological polar surface area (TPSA) is 93.1 Å². The molecule has 2 aromatic carbocycles. The molecule has 6 nitrogen and oxygen atoms in total. The molecule has 0 radical (unpaired) electrons. The number of rotatable bonds is 10. The number of allylic oxidation sites excluding steroid dienone is 2. The monoisotopic (exact) mass is 396 g/mol. The summed E-state index contributed by atoms with van der Waals surface area (Å²) >= 11 is 0. The van der Waals surface area contributed by atoms with E-state index in [1.165, 1.54) is 24.3 Å². The van der Waals surface area contributed by atoms with Crippen LogP contribution >= 0.6 is 0 Å². The van der Waals surface area contributed by atoms with E-state index in [0.29, 0.717) is 35.8 Å². The van der Waals surface area contributed by atoms with Gasteiger partial charge in [-0.1, -0.05) is 24.3 Å². The highest BCUT2D eigenvalue weighted by atomic mass is 16.5. The Hall–Kier alpha value is -3.54. The Morgan fingerprint density at radius 1 is 0.793 bits per heavy atom. The van der Waals surface area contributed by atoms with Crippen LogP contribution in [0, 0.1) is 0 Å². The van der Waals surface area contributed by atoms with Crippen molar-refractivity contribution >= 4 is 23.7 Å². The first-order chi connectivity index (χ1) is 13.9. The Kier molecular flexibility index (Phi) is 8.03. The number of phenolic OH excluding ortho intramolecular Hbond substituents is 2. The van der Waals surface area contributed by atoms with Crippen molar-refractivity contribution in [3.8, 4) is 23.0 Å². The summed E-state index contributed by atoms with van der Waals surface area (Å²) in [5.74, 6) is 0.0374. The molecule has 2 rings (SSSR count). The first-order valence-electron chi connectivity index (χ1n) is 9.26. The van der Waals surface area contributed by atoms with E-state index < -0.39 is 0 Å². The fourth-order valence-electron chi connectivity index (χ4n) is 2.48. The van der Waals surface area contributed by atoms with Gasteiger partial charge in [0.2, 0.25) is 0 Å². The van der Waals surface area contributed by atoms with Gasteiger partial charge < -0.3 is 19.7 Å². The second kappa shape index (κ2) is 10.7. The lowest BCUT2D eigenvalue weighted by Crippen LogP contribution is -2.02. The number of hydrogen-bond donors (Lipinski definition) is 2. The first kappa shape index (κ1) is 21.8. The maximum absolute atomic E-state index is 12.0. The van der Waals surface area contributed by atoms with Crippen LogP contribution in [0.25, 0.3) is 12.2 Å². The fraction of sp³-hybridized carbons (Fsp3) is 0.217. The van der Waals surface area contributed by atoms with Gasteiger partial charge in [0.1, 0.15) is 0 Å². The van der Waals surface area contributed by atoms with Crippen molar-refractivity contribution in [1.82, 2.24) is 0 Å². The molecule has 6 heteroatoms. The van der Waals surface area contributed by atoms with E-state index in [1.807, 2.05) is 0 Å². The van der Waals surface area contributed by atoms with E-state index in [9.17, 15) is 19.8 Å². The van der Waals surface area contributed by atoms with Gasteiger partial charge in [0.15, 0.2) is 34.6 Å². The molecule has 152 valence electrons. The van der Waals surface area contributed by atoms with Crippen LogP contribution in [0.15, 0.2) is 48.6 Å². The second-order valence-electron chi connectivity index (χ2n) is 6.10. The Balaban J connectivity index is 1.96. The number of ketones is 2. The maximum atomic E-state index is 12.0. The van der Waals surface area contributed by atoms with Crippen LogP contribution < -0.4 is 9.47 Å². The predicted octanol–water partition coefficient (Wildman–Crippen LogP) is 4.15. The van der Waals surface area contributed by atoms with Crippen LogP contribution in [-0.4, -0.2) is 35.0 Å². The summed E-state index contributed by atoms with van der Waals surface area (Å²) in [5, 5.41) is 19.4. The highest BCUT2D eigenvalue weighted by Crippen LogP contribution is 2.28. The lowest BCUT2D eigenvalue weighted by Gasteiger charge is -2.06. The molecular formula is C23H24O6. The highest BCUT2D eigenvalue weighted by Gasteiger charge is 2.06. The zero-order valence-electron chi connectivity index (χ0n) is 16.4. The van der Waals surface area contributed by atoms with Crippen LogP contribution in [0.5, 0.6) is 23.0 Å². The van der Waals surface area contributed by atoms with E-state index in [2.05, 4.69) is 0 Å². The van der Waals surface area contributed by atoms with Gasteiger partial charge >= 0.3 is 0 Å². The van der Waals surface area contributed by atoms with Crippen molar-refractivity contribution in [1.29, 1.82) is 0 Å². The summed E-state index contributed by atoms with van der Waals surface area (Å²) in [6.07, 6.45) is 5.51. The predicted molar refractivity (Wildman–Crippen MR) is 111 cm³/mol. The van der Waals surface area contributed by atoms with Gasteiger partial charge in [0, 0.05) is 0 Å². The smallest absolute Gasteiger partial charge is 0.163 e. The molecule has 0 fully saturated rings. The van der Waals surface area contributed by atoms with Crippen molar-refractivity contribution in [3.63, 3.8) is 0 Å². The van der Waals surface area contributed by atoms with Crippen LogP contribution in [-0.2, 0) is 9.59 Å². The minimum absolute atomic E-state index is 0.0253. The summed E-state index contributed by atoms with van der Waals surface area (Å²) in [7, 11) is 0. The van der Waals surface area contributed by atoms with E-state index in [-0.39, 0.29) is 29.5 Å². The third-order valence-electron chi connectivity index (χ3n) is 3.84. The minimum Gasteiger partial charge on any atom is -0.504 e. The van der Waals surface area contributed by atoms with E-state index in [4.69, 9.17) is 9.47 Å². The number of benzene rings is 2. The Bertz CT molecular complexity index is 851. The zero-order valence-corrected chi connectivity index (χ0v) is 16.4. The number of carbonyl (C=O) groups is 2. The van der Waals surface area contributed by atoms with E-state index in [1.54, 1.807) is 50.3 Å². The fourth-order valence-corrected chi connectivity index (χ4v) is 2.48. The number of aromatic hydroxyl groups is 2. The third kappa shape index (κ3) is 6.84. The van der Waals surface area contributed by atoms with Crippen LogP contribution in [0.1, 0.15) is 31.4 Å². The van der Waals surface area contributed by atoms with Gasteiger partial charge in [-0.2, -0.15) is 0 Å². The molecule has 0 amide bonds. The largest absolute Gasteiger partial charge is 0.504 e. The van der Waals surface area contributed by atoms with Gasteiger partial charge in [0.05, 0.1) is 19.6 Å². The Morgan fingerprint density at radius 2 is 1.21 bits per heavy atom. The molecule has 0 saturated heterocycles. The van der Waals surface area contributed by atoms with Crippen molar-refractivity contribution in [3.05, 3.63) is 59.7 Å². The van der Waals surface area contributed by atoms with Gasteiger partial charge in [-0.15, -0.1) is 0 Å². The van der Waals surface area contributed by atoms with E-state index >= 15 is 0 Å². The molecule has 0 aliphatic rings. The lowest BCUT2D eigenvalue weighted by molar-refractivity contribution is -0.121. The summed E-state index contributed by atoms with van der Waals surface area (Å²) < 4.78 is 10.6. The zero-order chi connectivity index (χ0) is 21.2. The molecule has 0 heterocycles. The third-order valence-corrected chi connectivity index (χ3v) is 3.84. The number of ether oxygens (including phenoxy) is 2. The molecule has 0 unspecified atom stereocenters. The van der Waals surface area contributed by atoms with Crippen molar-refractivity contribution in [2.45, 2.75) is 20.3 Å².